The minimum Gasteiger partial charge on any atom is -0.496 e. The van der Waals surface area contributed by atoms with Crippen LogP contribution >= 0.6 is 22.6 Å². The Balaban J connectivity index is 2.08. The summed E-state index contributed by atoms with van der Waals surface area (Å²) in [5, 5.41) is 0. The fourth-order valence-electron chi connectivity index (χ4n) is 3.30. The summed E-state index contributed by atoms with van der Waals surface area (Å²) in [5.74, 6) is 3.53. The summed E-state index contributed by atoms with van der Waals surface area (Å²) in [7, 11) is 8.20. The molecule has 2 aromatic rings. The van der Waals surface area contributed by atoms with E-state index in [2.05, 4.69) is 22.6 Å². The van der Waals surface area contributed by atoms with Crippen LogP contribution in [0.3, 0.4) is 0 Å². The number of ether oxygens (including phenoxy) is 6. The molecule has 0 unspecified atom stereocenters. The van der Waals surface area contributed by atoms with Crippen LogP contribution in [-0.2, 0) is 11.2 Å². The van der Waals surface area contributed by atoms with Crippen molar-refractivity contribution in [2.45, 2.75) is 18.6 Å². The maximum atomic E-state index is 6.42. The maximum absolute atomic E-state index is 6.42. The molecule has 0 N–H and O–H groups in total. The van der Waals surface area contributed by atoms with Crippen molar-refractivity contribution in [1.29, 1.82) is 0 Å². The largest absolute Gasteiger partial charge is 0.496 e. The lowest BCUT2D eigenvalue weighted by Gasteiger charge is -2.34. The number of rotatable bonds is 6. The molecule has 3 rings (SSSR count). The minimum absolute atomic E-state index is 0.173. The average Bonchev–Trinajstić information content (AvgIpc) is 2.72. The van der Waals surface area contributed by atoms with Gasteiger partial charge in [0.2, 0.25) is 0 Å². The number of benzene rings is 2. The molecule has 0 bridgehead atoms. The molecule has 1 heterocycles. The van der Waals surface area contributed by atoms with E-state index in [4.69, 9.17) is 28.4 Å². The van der Waals surface area contributed by atoms with Gasteiger partial charge in [0, 0.05) is 25.2 Å². The predicted molar refractivity (Wildman–Crippen MR) is 110 cm³/mol. The molecule has 0 fully saturated rings. The third-order valence-corrected chi connectivity index (χ3v) is 5.74. The zero-order valence-corrected chi connectivity index (χ0v) is 18.2. The Morgan fingerprint density at radius 2 is 1.52 bits per heavy atom. The molecule has 0 aromatic heterocycles. The van der Waals surface area contributed by atoms with Gasteiger partial charge >= 0.3 is 0 Å². The van der Waals surface area contributed by atoms with E-state index in [1.165, 1.54) is 0 Å². The van der Waals surface area contributed by atoms with E-state index in [1.54, 1.807) is 35.5 Å². The molecule has 0 amide bonds. The molecule has 7 heteroatoms. The zero-order chi connectivity index (χ0) is 19.6. The summed E-state index contributed by atoms with van der Waals surface area (Å²) in [6.07, 6.45) is 0.190. The standard InChI is InChI=1S/C20H23IO6/c1-22-13-7-6-11(8-15(13)24-3)19-17(26-5)9-12-14(23-2)10-16(25-4)18(21)20(12)27-19/h6-8,10,17,19H,9H2,1-5H3/t17-,19+/m0/s1. The molecule has 0 aliphatic carbocycles. The molecule has 0 saturated carbocycles. The summed E-state index contributed by atoms with van der Waals surface area (Å²) in [6.45, 7) is 0. The second-order valence-corrected chi connectivity index (χ2v) is 7.11. The van der Waals surface area contributed by atoms with Gasteiger partial charge in [0.05, 0.1) is 32.0 Å². The topological polar surface area (TPSA) is 55.4 Å². The van der Waals surface area contributed by atoms with Gasteiger partial charge in [-0.1, -0.05) is 6.07 Å². The van der Waals surface area contributed by atoms with Crippen molar-refractivity contribution in [1.82, 2.24) is 0 Å². The van der Waals surface area contributed by atoms with Crippen LogP contribution in [0.4, 0.5) is 0 Å². The molecular formula is C20H23IO6. The van der Waals surface area contributed by atoms with Crippen LogP contribution in [-0.4, -0.2) is 41.7 Å². The van der Waals surface area contributed by atoms with Crippen molar-refractivity contribution < 1.29 is 28.4 Å². The Kier molecular flexibility index (Phi) is 6.21. The number of halogens is 1. The molecule has 0 saturated heterocycles. The lowest BCUT2D eigenvalue weighted by Crippen LogP contribution is -2.32. The van der Waals surface area contributed by atoms with Crippen molar-refractivity contribution in [3.8, 4) is 28.7 Å². The monoisotopic (exact) mass is 486 g/mol. The minimum atomic E-state index is -0.298. The highest BCUT2D eigenvalue weighted by Crippen LogP contribution is 2.47. The predicted octanol–water partition coefficient (Wildman–Crippen LogP) is 4.02. The van der Waals surface area contributed by atoms with E-state index in [0.717, 1.165) is 26.2 Å². The van der Waals surface area contributed by atoms with E-state index in [0.29, 0.717) is 23.7 Å². The lowest BCUT2D eigenvalue weighted by molar-refractivity contribution is -0.0127. The van der Waals surface area contributed by atoms with Gasteiger partial charge in [-0.3, -0.25) is 0 Å². The summed E-state index contributed by atoms with van der Waals surface area (Å²) < 4.78 is 34.9. The fourth-order valence-corrected chi connectivity index (χ4v) is 4.13. The van der Waals surface area contributed by atoms with Gasteiger partial charge in [-0.05, 0) is 40.3 Å². The third kappa shape index (κ3) is 3.62. The van der Waals surface area contributed by atoms with Gasteiger partial charge in [0.25, 0.3) is 0 Å². The van der Waals surface area contributed by atoms with Gasteiger partial charge in [-0.2, -0.15) is 0 Å². The molecule has 1 aliphatic heterocycles. The molecule has 6 nitrogen and oxygen atoms in total. The van der Waals surface area contributed by atoms with Crippen LogP contribution in [0.5, 0.6) is 28.7 Å². The zero-order valence-electron chi connectivity index (χ0n) is 16.0. The van der Waals surface area contributed by atoms with Crippen LogP contribution in [0.2, 0.25) is 0 Å². The number of hydrogen-bond donors (Lipinski definition) is 0. The first-order valence-electron chi connectivity index (χ1n) is 8.42. The highest BCUT2D eigenvalue weighted by Gasteiger charge is 2.36. The molecule has 2 atom stereocenters. The Morgan fingerprint density at radius 3 is 2.11 bits per heavy atom. The molecule has 146 valence electrons. The number of methoxy groups -OCH3 is 5. The SMILES string of the molecule is COc1ccc([C@H]2Oc3c(I)c(OC)cc(OC)c3C[C@@H]2OC)cc1OC. The highest BCUT2D eigenvalue weighted by atomic mass is 127. The number of fused-ring (bicyclic) bond motifs is 1. The van der Waals surface area contributed by atoms with E-state index in [-0.39, 0.29) is 12.2 Å². The van der Waals surface area contributed by atoms with E-state index in [1.807, 2.05) is 24.3 Å². The van der Waals surface area contributed by atoms with Crippen LogP contribution < -0.4 is 23.7 Å². The highest BCUT2D eigenvalue weighted by molar-refractivity contribution is 14.1. The third-order valence-electron chi connectivity index (χ3n) is 4.72. The molecule has 0 spiro atoms. The smallest absolute Gasteiger partial charge is 0.161 e. The van der Waals surface area contributed by atoms with Gasteiger partial charge in [-0.25, -0.2) is 0 Å². The Bertz CT molecular complexity index is 823. The summed E-state index contributed by atoms with van der Waals surface area (Å²) in [6, 6.07) is 7.64. The Labute approximate surface area is 172 Å². The van der Waals surface area contributed by atoms with E-state index >= 15 is 0 Å². The molecule has 27 heavy (non-hydrogen) atoms. The van der Waals surface area contributed by atoms with Crippen molar-refractivity contribution in [3.05, 3.63) is 39.0 Å². The van der Waals surface area contributed by atoms with Gasteiger partial charge < -0.3 is 28.4 Å². The first kappa shape index (κ1) is 19.9. The fraction of sp³-hybridized carbons (Fsp3) is 0.400. The summed E-state index contributed by atoms with van der Waals surface area (Å²) in [4.78, 5) is 0. The molecule has 1 aliphatic rings. The van der Waals surface area contributed by atoms with Gasteiger partial charge in [0.15, 0.2) is 17.6 Å². The molecule has 2 aromatic carbocycles. The van der Waals surface area contributed by atoms with Crippen LogP contribution in [0.15, 0.2) is 24.3 Å². The molecule has 0 radical (unpaired) electrons. The summed E-state index contributed by atoms with van der Waals surface area (Å²) in [5.41, 5.74) is 1.93. The van der Waals surface area contributed by atoms with E-state index < -0.39 is 0 Å². The first-order chi connectivity index (χ1) is 13.1. The quantitative estimate of drug-likeness (QED) is 0.576. The van der Waals surface area contributed by atoms with Crippen molar-refractivity contribution in [3.63, 3.8) is 0 Å². The van der Waals surface area contributed by atoms with Crippen LogP contribution in [0.25, 0.3) is 0 Å². The van der Waals surface area contributed by atoms with Crippen molar-refractivity contribution in [2.24, 2.45) is 0 Å². The second kappa shape index (κ2) is 8.43. The lowest BCUT2D eigenvalue weighted by atomic mass is 9.93. The van der Waals surface area contributed by atoms with Crippen molar-refractivity contribution in [2.75, 3.05) is 35.5 Å². The average molecular weight is 486 g/mol. The number of hydrogen-bond acceptors (Lipinski definition) is 6. The van der Waals surface area contributed by atoms with Crippen LogP contribution in [0, 0.1) is 3.57 Å². The van der Waals surface area contributed by atoms with Gasteiger partial charge in [-0.15, -0.1) is 0 Å². The van der Waals surface area contributed by atoms with Crippen LogP contribution in [0.1, 0.15) is 17.2 Å². The normalized spacial score (nSPS) is 18.3. The summed E-state index contributed by atoms with van der Waals surface area (Å²) >= 11 is 2.24. The second-order valence-electron chi connectivity index (χ2n) is 6.03. The Morgan fingerprint density at radius 1 is 0.852 bits per heavy atom. The van der Waals surface area contributed by atoms with E-state index in [9.17, 15) is 0 Å². The van der Waals surface area contributed by atoms with Gasteiger partial charge in [0.1, 0.15) is 23.4 Å². The van der Waals surface area contributed by atoms with Crippen molar-refractivity contribution >= 4 is 22.6 Å². The molecular weight excluding hydrogens is 463 g/mol. The Hall–Kier alpha value is -1.87. The maximum Gasteiger partial charge on any atom is 0.161 e. The first-order valence-corrected chi connectivity index (χ1v) is 9.50.